The molecule has 0 spiro atoms. The maximum absolute atomic E-state index is 8.63. The van der Waals surface area contributed by atoms with Crippen molar-refractivity contribution in [2.24, 2.45) is 0 Å². The summed E-state index contributed by atoms with van der Waals surface area (Å²) in [6.07, 6.45) is 0. The average Bonchev–Trinajstić information content (AvgIpc) is 1.41. The van der Waals surface area contributed by atoms with Crippen molar-refractivity contribution in [1.29, 1.82) is 0 Å². The molecular formula is FeMo4O12-6. The second kappa shape index (κ2) is 12.8. The predicted octanol–water partition coefficient (Wildman–Crippen LogP) is -7.86. The van der Waals surface area contributed by atoms with Gasteiger partial charge in [0.05, 0.1) is 0 Å². The Bertz CT molecular complexity index is 339. The summed E-state index contributed by atoms with van der Waals surface area (Å²) >= 11 is -18.1. The van der Waals surface area contributed by atoms with Crippen LogP contribution in [-0.2, 0) is 109 Å². The first-order valence-electron chi connectivity index (χ1n) is 2.00. The van der Waals surface area contributed by atoms with Crippen molar-refractivity contribution in [3.8, 4) is 0 Å². The molecule has 0 fully saturated rings. The molecule has 0 aromatic rings. The van der Waals surface area contributed by atoms with Crippen LogP contribution in [0.4, 0.5) is 0 Å². The summed E-state index contributed by atoms with van der Waals surface area (Å²) in [5.41, 5.74) is 0. The second-order valence-corrected chi connectivity index (χ2v) is 7.25. The molecule has 0 radical (unpaired) electrons. The van der Waals surface area contributed by atoms with Crippen LogP contribution in [0.25, 0.3) is 0 Å². The van der Waals surface area contributed by atoms with Gasteiger partial charge in [-0.3, -0.25) is 0 Å². The van der Waals surface area contributed by atoms with Gasteiger partial charge in [-0.05, 0) is 0 Å². The zero-order valence-electron chi connectivity index (χ0n) is 6.89. The Kier molecular flexibility index (Phi) is 23.7. The van der Waals surface area contributed by atoms with Gasteiger partial charge in [-0.25, -0.2) is 0 Å². The van der Waals surface area contributed by atoms with Crippen molar-refractivity contribution < 1.29 is 131 Å². The molecule has 0 aliphatic rings. The van der Waals surface area contributed by atoms with Crippen molar-refractivity contribution in [3.63, 3.8) is 0 Å². The predicted molar refractivity (Wildman–Crippen MR) is 4.12 cm³/mol. The van der Waals surface area contributed by atoms with E-state index in [1.54, 1.807) is 0 Å². The van der Waals surface area contributed by atoms with Crippen LogP contribution in [-0.4, -0.2) is 0 Å². The summed E-state index contributed by atoms with van der Waals surface area (Å²) in [7, 11) is 0. The van der Waals surface area contributed by atoms with E-state index in [0.717, 1.165) is 0 Å². The molecule has 0 aliphatic heterocycles. The molecule has 12 nitrogen and oxygen atoms in total. The van der Waals surface area contributed by atoms with E-state index in [4.69, 9.17) is 42.9 Å². The molecule has 0 aromatic heterocycles. The zero-order valence-corrected chi connectivity index (χ0v) is 16.0. The van der Waals surface area contributed by atoms with Gasteiger partial charge in [0.1, 0.15) is 0 Å². The molecule has 0 rings (SSSR count). The van der Waals surface area contributed by atoms with Gasteiger partial charge in [0.15, 0.2) is 0 Å². The normalized spacial score (nSPS) is 10.2. The molecule has 17 heteroatoms. The van der Waals surface area contributed by atoms with Crippen LogP contribution in [0.15, 0.2) is 0 Å². The fraction of sp³-hybridized carbons (Fsp3) is 0. The van der Waals surface area contributed by atoms with Gasteiger partial charge in [-0.1, -0.05) is 0 Å². The first-order chi connectivity index (χ1) is 6.00. The van der Waals surface area contributed by atoms with Gasteiger partial charge in [0.25, 0.3) is 0 Å². The molecule has 0 atom stereocenters. The molecule has 0 bridgehead atoms. The minimum absolute atomic E-state index is 0. The van der Waals surface area contributed by atoms with E-state index in [-0.39, 0.29) is 38.1 Å². The third kappa shape index (κ3) is 1330. The topological polar surface area (TPSA) is 241 Å². The Hall–Kier alpha value is 1.83. The van der Waals surface area contributed by atoms with Crippen molar-refractivity contribution in [2.45, 2.75) is 0 Å². The van der Waals surface area contributed by atoms with Crippen LogP contribution in [0.3, 0.4) is 0 Å². The number of rotatable bonds is 0. The van der Waals surface area contributed by atoms with Crippen LogP contribution >= 0.6 is 0 Å². The van der Waals surface area contributed by atoms with Crippen molar-refractivity contribution >= 4 is 0 Å². The van der Waals surface area contributed by atoms with E-state index in [1.165, 1.54) is 0 Å². The van der Waals surface area contributed by atoms with Gasteiger partial charge in [-0.2, -0.15) is 0 Å². The quantitative estimate of drug-likeness (QED) is 0.226. The number of hydrogen-bond donors (Lipinski definition) is 0. The van der Waals surface area contributed by atoms with E-state index >= 15 is 0 Å². The summed E-state index contributed by atoms with van der Waals surface area (Å²) in [6.45, 7) is 0. The van der Waals surface area contributed by atoms with Gasteiger partial charge in [-0.15, -0.1) is 0 Å². The standard InChI is InChI=1S/Fe.4Mo.12O/q;;;;;;;;;;;6*-1. The Labute approximate surface area is 130 Å². The summed E-state index contributed by atoms with van der Waals surface area (Å²) in [4.78, 5) is 0. The van der Waals surface area contributed by atoms with Crippen LogP contribution in [0.1, 0.15) is 0 Å². The zero-order chi connectivity index (χ0) is 13.5. The Morgan fingerprint density at radius 1 is 0.471 bits per heavy atom. The fourth-order valence-corrected chi connectivity index (χ4v) is 0. The molecule has 0 N–H and O–H groups in total. The molecular weight excluding hydrogens is 632 g/mol. The summed E-state index contributed by atoms with van der Waals surface area (Å²) in [5.74, 6) is 0. The van der Waals surface area contributed by atoms with Crippen molar-refractivity contribution in [1.82, 2.24) is 0 Å². The fourth-order valence-electron chi connectivity index (χ4n) is 0. The summed E-state index contributed by atoms with van der Waals surface area (Å²) < 4.78 is 104. The first kappa shape index (κ1) is 31.3. The average molecular weight is 632 g/mol. The van der Waals surface area contributed by atoms with Gasteiger partial charge >= 0.3 is 93.2 Å². The Morgan fingerprint density at radius 3 is 0.471 bits per heavy atom. The molecule has 0 amide bonds. The van der Waals surface area contributed by atoms with Crippen molar-refractivity contribution in [3.05, 3.63) is 0 Å². The van der Waals surface area contributed by atoms with Crippen molar-refractivity contribution in [2.75, 3.05) is 0 Å². The van der Waals surface area contributed by atoms with Crippen LogP contribution in [0.2, 0.25) is 0 Å². The van der Waals surface area contributed by atoms with Crippen LogP contribution in [0, 0.1) is 0 Å². The third-order valence-corrected chi connectivity index (χ3v) is 0. The van der Waals surface area contributed by atoms with Gasteiger partial charge in [0.2, 0.25) is 0 Å². The Balaban J connectivity index is -0.0000000400. The van der Waals surface area contributed by atoms with Gasteiger partial charge in [0, 0.05) is 38.1 Å². The number of hydrogen-bond acceptors (Lipinski definition) is 12. The molecule has 0 heterocycles. The third-order valence-electron chi connectivity index (χ3n) is 0. The molecule has 0 saturated carbocycles. The SMILES string of the molecule is [Fe].[Mo].[O]=[Mo](=[O])([O-])[O-].[O]=[Mo](=[O])([O-])[O-].[O]=[Mo](=[O])([O-])[O-]. The van der Waals surface area contributed by atoms with Crippen LogP contribution in [0.5, 0.6) is 0 Å². The van der Waals surface area contributed by atoms with E-state index < -0.39 is 50.2 Å². The molecule has 0 aromatic carbocycles. The van der Waals surface area contributed by atoms with E-state index in [0.29, 0.717) is 0 Å². The molecule has 17 heavy (non-hydrogen) atoms. The summed E-state index contributed by atoms with van der Waals surface area (Å²) in [6, 6.07) is 0. The maximum atomic E-state index is 8.63. The monoisotopic (exact) mass is 639 g/mol. The van der Waals surface area contributed by atoms with E-state index in [9.17, 15) is 0 Å². The minimum atomic E-state index is -6.02. The molecule has 0 saturated heterocycles. The van der Waals surface area contributed by atoms with E-state index in [2.05, 4.69) is 0 Å². The molecule has 0 aliphatic carbocycles. The van der Waals surface area contributed by atoms with Gasteiger partial charge < -0.3 is 0 Å². The summed E-state index contributed by atoms with van der Waals surface area (Å²) in [5, 5.41) is 0. The molecule has 110 valence electrons. The van der Waals surface area contributed by atoms with E-state index in [1.807, 2.05) is 0 Å². The second-order valence-electron chi connectivity index (χ2n) is 1.22. The van der Waals surface area contributed by atoms with Crippen LogP contribution < -0.4 is 22.6 Å². The molecule has 0 unspecified atom stereocenters. The first-order valence-corrected chi connectivity index (χ1v) is 11.8. The Morgan fingerprint density at radius 2 is 0.471 bits per heavy atom.